The van der Waals surface area contributed by atoms with Gasteiger partial charge in [-0.2, -0.15) is 17.7 Å². The summed E-state index contributed by atoms with van der Waals surface area (Å²) < 4.78 is 48.7. The quantitative estimate of drug-likeness (QED) is 0.340. The fraction of sp³-hybridized carbons (Fsp3) is 0.280. The van der Waals surface area contributed by atoms with Crippen LogP contribution < -0.4 is 24.2 Å². The van der Waals surface area contributed by atoms with E-state index in [1.165, 1.54) is 34.3 Å². The highest BCUT2D eigenvalue weighted by Gasteiger charge is 2.35. The van der Waals surface area contributed by atoms with Gasteiger partial charge in [-0.15, -0.1) is 11.3 Å². The van der Waals surface area contributed by atoms with E-state index < -0.39 is 11.9 Å². The zero-order valence-electron chi connectivity index (χ0n) is 19.8. The van der Waals surface area contributed by atoms with Gasteiger partial charge < -0.3 is 9.32 Å². The lowest BCUT2D eigenvalue weighted by Crippen LogP contribution is -2.36. The number of fused-ring (bicyclic) bond motifs is 1. The summed E-state index contributed by atoms with van der Waals surface area (Å²) in [7, 11) is 1.98. The molecular weight excluding hydrogens is 527 g/mol. The van der Waals surface area contributed by atoms with E-state index in [-0.39, 0.29) is 17.9 Å². The minimum absolute atomic E-state index is 0.0458. The largest absolute Gasteiger partial charge is 0.450 e. The number of rotatable bonds is 5. The van der Waals surface area contributed by atoms with Crippen LogP contribution in [0.2, 0.25) is 0 Å². The maximum absolute atomic E-state index is 13.4. The zero-order chi connectivity index (χ0) is 25.6. The number of hydrogen-bond donors (Lipinski definition) is 0. The molecule has 11 heteroatoms. The van der Waals surface area contributed by atoms with Crippen molar-refractivity contribution in [3.63, 3.8) is 0 Å². The molecule has 0 atom stereocenters. The molecule has 0 radical (unpaired) electrons. The number of alkyl halides is 3. The fourth-order valence-electron chi connectivity index (χ4n) is 4.04. The number of hydrogen-bond acceptors (Lipinski definition) is 6. The lowest BCUT2D eigenvalue weighted by molar-refractivity contribution is -0.686. The van der Waals surface area contributed by atoms with E-state index in [0.717, 1.165) is 37.8 Å². The SMILES string of the molecule is CCc1ccc2c(c1)S/C(=c1/s/c(=C\c3scc[n+]3Cc3ccc(C(F)(F)F)o3)n(CC)c1=O)N2C. The number of furan rings is 1. The van der Waals surface area contributed by atoms with Crippen molar-refractivity contribution in [2.24, 2.45) is 0 Å². The Morgan fingerprint density at radius 2 is 1.97 bits per heavy atom. The van der Waals surface area contributed by atoms with Gasteiger partial charge in [0.1, 0.15) is 14.2 Å². The van der Waals surface area contributed by atoms with Crippen molar-refractivity contribution >= 4 is 51.2 Å². The number of nitrogens with zero attached hydrogens (tertiary/aromatic N) is 3. The number of aromatic nitrogens is 2. The smallest absolute Gasteiger partial charge is 0.449 e. The highest BCUT2D eigenvalue weighted by Crippen LogP contribution is 2.45. The molecule has 36 heavy (non-hydrogen) atoms. The summed E-state index contributed by atoms with van der Waals surface area (Å²) in [6, 6.07) is 8.67. The van der Waals surface area contributed by atoms with E-state index in [1.54, 1.807) is 22.5 Å². The third kappa shape index (κ3) is 4.55. The van der Waals surface area contributed by atoms with Crippen LogP contribution in [0, 0.1) is 0 Å². The van der Waals surface area contributed by atoms with Gasteiger partial charge in [-0.1, -0.05) is 36.1 Å². The lowest BCUT2D eigenvalue weighted by atomic mass is 10.1. The Morgan fingerprint density at radius 1 is 1.17 bits per heavy atom. The molecule has 0 unspecified atom stereocenters. The van der Waals surface area contributed by atoms with Crippen molar-refractivity contribution in [3.8, 4) is 0 Å². The van der Waals surface area contributed by atoms with Gasteiger partial charge in [-0.3, -0.25) is 9.36 Å². The number of halogens is 3. The first-order valence-electron chi connectivity index (χ1n) is 11.3. The van der Waals surface area contributed by atoms with E-state index in [2.05, 4.69) is 30.0 Å². The first-order chi connectivity index (χ1) is 17.2. The number of benzene rings is 1. The molecule has 1 aliphatic heterocycles. The van der Waals surface area contributed by atoms with Crippen molar-refractivity contribution in [2.45, 2.75) is 44.4 Å². The Kier molecular flexibility index (Phi) is 6.65. The standard InChI is InChI=1S/C25H23F3N3O2S3/c1-4-15-6-8-17-18(12-15)35-24(29(17)3)22-23(32)31(5-2)21(36-22)13-20-30(10-11-34-20)14-16-7-9-19(33-16)25(26,27)28/h6-13H,4-5,14H2,1-3H3/q+1/b24-22+. The van der Waals surface area contributed by atoms with Crippen LogP contribution in [0.5, 0.6) is 0 Å². The van der Waals surface area contributed by atoms with Crippen LogP contribution in [-0.2, 0) is 25.7 Å². The van der Waals surface area contributed by atoms with Gasteiger partial charge >= 0.3 is 6.18 Å². The average Bonchev–Trinajstić information content (AvgIpc) is 3.61. The molecule has 5 nitrogen and oxygen atoms in total. The minimum atomic E-state index is -4.52. The molecule has 1 aromatic carbocycles. The van der Waals surface area contributed by atoms with Crippen molar-refractivity contribution in [1.29, 1.82) is 0 Å². The first kappa shape index (κ1) is 24.9. The van der Waals surface area contributed by atoms with E-state index >= 15 is 0 Å². The normalized spacial score (nSPS) is 15.7. The molecule has 3 aromatic heterocycles. The summed E-state index contributed by atoms with van der Waals surface area (Å²) in [6.45, 7) is 4.71. The second kappa shape index (κ2) is 9.60. The van der Waals surface area contributed by atoms with Crippen molar-refractivity contribution < 1.29 is 22.2 Å². The van der Waals surface area contributed by atoms with Crippen LogP contribution in [0.4, 0.5) is 18.9 Å². The zero-order valence-corrected chi connectivity index (χ0v) is 22.2. The lowest BCUT2D eigenvalue weighted by Gasteiger charge is -2.12. The van der Waals surface area contributed by atoms with Crippen LogP contribution in [0.15, 0.2) is 56.0 Å². The molecule has 4 aromatic rings. The van der Waals surface area contributed by atoms with E-state index in [4.69, 9.17) is 4.42 Å². The summed E-state index contributed by atoms with van der Waals surface area (Å²) in [5.74, 6) is -0.798. The van der Waals surface area contributed by atoms with Gasteiger partial charge in [0, 0.05) is 18.5 Å². The predicted molar refractivity (Wildman–Crippen MR) is 138 cm³/mol. The monoisotopic (exact) mass is 550 g/mol. The Bertz CT molecular complexity index is 1610. The van der Waals surface area contributed by atoms with Gasteiger partial charge in [-0.05, 0) is 43.2 Å². The summed E-state index contributed by atoms with van der Waals surface area (Å²) in [5.41, 5.74) is 2.29. The third-order valence-electron chi connectivity index (χ3n) is 5.95. The predicted octanol–water partition coefficient (Wildman–Crippen LogP) is 4.64. The van der Waals surface area contributed by atoms with Crippen LogP contribution in [0.1, 0.15) is 35.9 Å². The molecular formula is C25H23F3N3O2S3+. The summed E-state index contributed by atoms with van der Waals surface area (Å²) in [4.78, 5) is 16.6. The molecule has 0 spiro atoms. The van der Waals surface area contributed by atoms with E-state index in [1.807, 2.05) is 30.0 Å². The van der Waals surface area contributed by atoms with Crippen LogP contribution >= 0.6 is 34.4 Å². The Labute approximate surface area is 217 Å². The van der Waals surface area contributed by atoms with E-state index in [9.17, 15) is 18.0 Å². The number of anilines is 1. The second-order valence-corrected chi connectivity index (χ2v) is 11.2. The Balaban J connectivity index is 1.55. The maximum atomic E-state index is 13.4. The summed E-state index contributed by atoms with van der Waals surface area (Å²) >= 11 is 4.49. The second-order valence-electron chi connectivity index (χ2n) is 8.22. The first-order valence-corrected chi connectivity index (χ1v) is 13.8. The number of thiazole rings is 2. The van der Waals surface area contributed by atoms with Crippen molar-refractivity contribution in [1.82, 2.24) is 4.57 Å². The average molecular weight is 551 g/mol. The van der Waals surface area contributed by atoms with Gasteiger partial charge in [0.05, 0.1) is 17.1 Å². The van der Waals surface area contributed by atoms with Crippen LogP contribution in [-0.4, -0.2) is 11.6 Å². The van der Waals surface area contributed by atoms with Gasteiger partial charge in [-0.25, -0.2) is 0 Å². The Hall–Kier alpha value is -2.76. The van der Waals surface area contributed by atoms with Gasteiger partial charge in [0.25, 0.3) is 10.6 Å². The highest BCUT2D eigenvalue weighted by molar-refractivity contribution is 8.08. The number of aryl methyl sites for hydroxylation is 1. The summed E-state index contributed by atoms with van der Waals surface area (Å²) in [5, 5.41) is 3.58. The van der Waals surface area contributed by atoms with Crippen LogP contribution in [0.25, 0.3) is 11.1 Å². The van der Waals surface area contributed by atoms with Crippen molar-refractivity contribution in [2.75, 3.05) is 11.9 Å². The minimum Gasteiger partial charge on any atom is -0.450 e. The third-order valence-corrected chi connectivity index (χ3v) is 9.27. The van der Waals surface area contributed by atoms with Crippen molar-refractivity contribution in [3.05, 3.63) is 83.5 Å². The molecule has 188 valence electrons. The molecule has 0 amide bonds. The fourth-order valence-corrected chi connectivity index (χ4v) is 7.42. The van der Waals surface area contributed by atoms with Crippen LogP contribution in [0.3, 0.4) is 0 Å². The van der Waals surface area contributed by atoms with Gasteiger partial charge in [0.2, 0.25) is 12.3 Å². The molecule has 1 aliphatic rings. The molecule has 0 fully saturated rings. The molecule has 0 aliphatic carbocycles. The highest BCUT2D eigenvalue weighted by atomic mass is 32.2. The van der Waals surface area contributed by atoms with Gasteiger partial charge in [0.15, 0.2) is 12.0 Å². The molecule has 5 rings (SSSR count). The molecule has 4 heterocycles. The number of thioether (sulfide) groups is 1. The Morgan fingerprint density at radius 3 is 2.67 bits per heavy atom. The molecule has 0 N–H and O–H groups in total. The van der Waals surface area contributed by atoms with E-state index in [0.29, 0.717) is 11.1 Å². The molecule has 0 bridgehead atoms. The molecule has 0 saturated carbocycles. The topological polar surface area (TPSA) is 42.3 Å². The molecule has 0 saturated heterocycles. The maximum Gasteiger partial charge on any atom is 0.449 e. The summed E-state index contributed by atoms with van der Waals surface area (Å²) in [6.07, 6.45) is 0.147.